The predicted molar refractivity (Wildman–Crippen MR) is 66.4 cm³/mol. The minimum atomic E-state index is -4.31. The summed E-state index contributed by atoms with van der Waals surface area (Å²) in [6.45, 7) is 3.05. The maximum atomic E-state index is 12.9. The fraction of sp³-hybridized carbons (Fsp3) is 0.538. The first-order valence-corrected chi connectivity index (χ1v) is 5.90. The highest BCUT2D eigenvalue weighted by atomic mass is 19.4. The summed E-state index contributed by atoms with van der Waals surface area (Å²) in [6.07, 6.45) is -4.31. The topological polar surface area (TPSA) is 15.3 Å². The van der Waals surface area contributed by atoms with E-state index in [2.05, 4.69) is 5.32 Å². The van der Waals surface area contributed by atoms with Gasteiger partial charge in [-0.1, -0.05) is 25.1 Å². The lowest BCUT2D eigenvalue weighted by atomic mass is 9.99. The van der Waals surface area contributed by atoms with Gasteiger partial charge in [-0.15, -0.1) is 0 Å². The van der Waals surface area contributed by atoms with Gasteiger partial charge in [0.05, 0.1) is 5.56 Å². The molecule has 18 heavy (non-hydrogen) atoms. The number of benzene rings is 1. The van der Waals surface area contributed by atoms with E-state index < -0.39 is 11.7 Å². The van der Waals surface area contributed by atoms with Gasteiger partial charge < -0.3 is 10.2 Å². The summed E-state index contributed by atoms with van der Waals surface area (Å²) in [4.78, 5) is 1.88. The van der Waals surface area contributed by atoms with Gasteiger partial charge in [-0.25, -0.2) is 0 Å². The molecule has 1 atom stereocenters. The molecule has 0 aliphatic carbocycles. The van der Waals surface area contributed by atoms with Crippen LogP contribution in [0.3, 0.4) is 0 Å². The molecule has 0 saturated heterocycles. The fourth-order valence-corrected chi connectivity index (χ4v) is 1.94. The molecular formula is C13H19F3N2. The third-order valence-electron chi connectivity index (χ3n) is 2.64. The van der Waals surface area contributed by atoms with Crippen molar-refractivity contribution in [1.82, 2.24) is 10.2 Å². The van der Waals surface area contributed by atoms with E-state index >= 15 is 0 Å². The Bertz CT molecular complexity index is 375. The van der Waals surface area contributed by atoms with Crippen LogP contribution in [0.2, 0.25) is 0 Å². The van der Waals surface area contributed by atoms with Gasteiger partial charge in [0.25, 0.3) is 0 Å². The van der Waals surface area contributed by atoms with Gasteiger partial charge in [0.1, 0.15) is 0 Å². The summed E-state index contributed by atoms with van der Waals surface area (Å²) in [5, 5.41) is 3.10. The molecule has 0 amide bonds. The first-order valence-electron chi connectivity index (χ1n) is 5.90. The predicted octanol–water partition coefficient (Wildman–Crippen LogP) is 2.92. The molecule has 102 valence electrons. The van der Waals surface area contributed by atoms with Crippen LogP contribution in [0, 0.1) is 0 Å². The minimum Gasteiger partial charge on any atom is -0.309 e. The molecule has 1 aromatic rings. The van der Waals surface area contributed by atoms with Crippen LogP contribution in [-0.4, -0.2) is 32.1 Å². The van der Waals surface area contributed by atoms with Crippen molar-refractivity contribution in [1.29, 1.82) is 0 Å². The van der Waals surface area contributed by atoms with Crippen molar-refractivity contribution in [2.45, 2.75) is 19.1 Å². The second-order valence-corrected chi connectivity index (χ2v) is 4.46. The Morgan fingerprint density at radius 1 is 1.22 bits per heavy atom. The van der Waals surface area contributed by atoms with E-state index in [0.29, 0.717) is 18.7 Å². The molecule has 1 rings (SSSR count). The van der Waals surface area contributed by atoms with E-state index in [-0.39, 0.29) is 6.04 Å². The molecule has 0 heterocycles. The molecule has 2 nitrogen and oxygen atoms in total. The van der Waals surface area contributed by atoms with Crippen molar-refractivity contribution in [3.8, 4) is 0 Å². The number of nitrogens with zero attached hydrogens (tertiary/aromatic N) is 1. The van der Waals surface area contributed by atoms with Crippen molar-refractivity contribution < 1.29 is 13.2 Å². The Labute approximate surface area is 106 Å². The lowest BCUT2D eigenvalue weighted by Gasteiger charge is -2.25. The standard InChI is InChI=1S/C13H19F3N2/c1-4-17-12(9-18(2)3)10-7-5-6-8-11(10)13(14,15)16/h5-8,12,17H,4,9H2,1-3H3. The minimum absolute atomic E-state index is 0.306. The van der Waals surface area contributed by atoms with Gasteiger partial charge in [0.15, 0.2) is 0 Å². The normalized spacial score (nSPS) is 13.9. The van der Waals surface area contributed by atoms with Gasteiger partial charge >= 0.3 is 6.18 Å². The summed E-state index contributed by atoms with van der Waals surface area (Å²) >= 11 is 0. The Morgan fingerprint density at radius 3 is 2.33 bits per heavy atom. The fourth-order valence-electron chi connectivity index (χ4n) is 1.94. The second kappa shape index (κ2) is 6.20. The van der Waals surface area contributed by atoms with Crippen molar-refractivity contribution in [3.05, 3.63) is 35.4 Å². The molecule has 1 aromatic carbocycles. The number of halogens is 3. The molecule has 5 heteroatoms. The van der Waals surface area contributed by atoms with E-state index in [1.165, 1.54) is 6.07 Å². The number of hydrogen-bond donors (Lipinski definition) is 1. The SMILES string of the molecule is CCNC(CN(C)C)c1ccccc1C(F)(F)F. The maximum Gasteiger partial charge on any atom is 0.416 e. The Kier molecular flexibility index (Phi) is 5.16. The number of nitrogens with one attached hydrogen (secondary N) is 1. The van der Waals surface area contributed by atoms with Crippen LogP contribution in [0.25, 0.3) is 0 Å². The molecule has 0 aliphatic heterocycles. The van der Waals surface area contributed by atoms with Crippen LogP contribution in [0.5, 0.6) is 0 Å². The number of rotatable bonds is 5. The number of alkyl halides is 3. The van der Waals surface area contributed by atoms with Crippen LogP contribution in [0.1, 0.15) is 24.1 Å². The van der Waals surface area contributed by atoms with Crippen LogP contribution in [0.15, 0.2) is 24.3 Å². The summed E-state index contributed by atoms with van der Waals surface area (Å²) in [7, 11) is 3.70. The Morgan fingerprint density at radius 2 is 1.83 bits per heavy atom. The average Bonchev–Trinajstić information content (AvgIpc) is 2.27. The van der Waals surface area contributed by atoms with E-state index in [1.54, 1.807) is 12.1 Å². The van der Waals surface area contributed by atoms with Gasteiger partial charge in [-0.05, 0) is 32.3 Å². The lowest BCUT2D eigenvalue weighted by Crippen LogP contribution is -2.32. The van der Waals surface area contributed by atoms with E-state index in [4.69, 9.17) is 0 Å². The molecule has 0 saturated carbocycles. The summed E-state index contributed by atoms with van der Waals surface area (Å²) in [5.74, 6) is 0. The Balaban J connectivity index is 3.11. The van der Waals surface area contributed by atoms with Gasteiger partial charge in [-0.2, -0.15) is 13.2 Å². The highest BCUT2D eigenvalue weighted by Crippen LogP contribution is 2.34. The zero-order valence-electron chi connectivity index (χ0n) is 10.9. The van der Waals surface area contributed by atoms with Crippen molar-refractivity contribution >= 4 is 0 Å². The van der Waals surface area contributed by atoms with Gasteiger partial charge in [-0.3, -0.25) is 0 Å². The third-order valence-corrected chi connectivity index (χ3v) is 2.64. The van der Waals surface area contributed by atoms with Gasteiger partial charge in [0.2, 0.25) is 0 Å². The molecule has 0 fully saturated rings. The molecule has 0 radical (unpaired) electrons. The molecule has 0 aliphatic rings. The zero-order chi connectivity index (χ0) is 13.8. The largest absolute Gasteiger partial charge is 0.416 e. The first kappa shape index (κ1) is 15.0. The number of hydrogen-bond acceptors (Lipinski definition) is 2. The van der Waals surface area contributed by atoms with Gasteiger partial charge in [0, 0.05) is 12.6 Å². The van der Waals surface area contributed by atoms with E-state index in [9.17, 15) is 13.2 Å². The zero-order valence-corrected chi connectivity index (χ0v) is 10.9. The summed E-state index contributed by atoms with van der Waals surface area (Å²) in [5.41, 5.74) is -0.252. The van der Waals surface area contributed by atoms with Crippen molar-refractivity contribution in [2.75, 3.05) is 27.2 Å². The Hall–Kier alpha value is -1.07. The summed E-state index contributed by atoms with van der Waals surface area (Å²) < 4.78 is 38.8. The lowest BCUT2D eigenvalue weighted by molar-refractivity contribution is -0.138. The third kappa shape index (κ3) is 3.99. The molecular weight excluding hydrogens is 241 g/mol. The summed E-state index contributed by atoms with van der Waals surface area (Å²) in [6, 6.07) is 5.42. The van der Waals surface area contributed by atoms with Crippen LogP contribution < -0.4 is 5.32 Å². The van der Waals surface area contributed by atoms with Crippen LogP contribution in [0.4, 0.5) is 13.2 Å². The molecule has 0 bridgehead atoms. The number of likely N-dealkylation sites (N-methyl/N-ethyl adjacent to an activating group) is 2. The highest BCUT2D eigenvalue weighted by molar-refractivity contribution is 5.32. The molecule has 0 aromatic heterocycles. The first-order chi connectivity index (χ1) is 8.36. The average molecular weight is 260 g/mol. The quantitative estimate of drug-likeness (QED) is 0.875. The van der Waals surface area contributed by atoms with Crippen LogP contribution in [-0.2, 0) is 6.18 Å². The molecule has 0 spiro atoms. The maximum absolute atomic E-state index is 12.9. The van der Waals surface area contributed by atoms with Crippen LogP contribution >= 0.6 is 0 Å². The van der Waals surface area contributed by atoms with E-state index in [0.717, 1.165) is 6.07 Å². The highest BCUT2D eigenvalue weighted by Gasteiger charge is 2.34. The smallest absolute Gasteiger partial charge is 0.309 e. The molecule has 1 unspecified atom stereocenters. The monoisotopic (exact) mass is 260 g/mol. The molecule has 1 N–H and O–H groups in total. The van der Waals surface area contributed by atoms with Crippen molar-refractivity contribution in [2.24, 2.45) is 0 Å². The second-order valence-electron chi connectivity index (χ2n) is 4.46. The van der Waals surface area contributed by atoms with Crippen molar-refractivity contribution in [3.63, 3.8) is 0 Å². The van der Waals surface area contributed by atoms with E-state index in [1.807, 2.05) is 25.9 Å².